The highest BCUT2D eigenvalue weighted by Gasteiger charge is 2.08. The van der Waals surface area contributed by atoms with Gasteiger partial charge in [-0.1, -0.05) is 72.1 Å². The van der Waals surface area contributed by atoms with E-state index in [-0.39, 0.29) is 0 Å². The summed E-state index contributed by atoms with van der Waals surface area (Å²) in [5.74, 6) is 0. The Hall–Kier alpha value is 0.140. The number of alkyl halides is 2. The van der Waals surface area contributed by atoms with Crippen molar-refractivity contribution in [3.63, 3.8) is 0 Å². The van der Waals surface area contributed by atoms with Gasteiger partial charge in [0.1, 0.15) is 0 Å². The van der Waals surface area contributed by atoms with Crippen LogP contribution in [0, 0.1) is 0 Å². The van der Waals surface area contributed by atoms with Crippen molar-refractivity contribution in [2.45, 2.75) is 10.7 Å². The zero-order chi connectivity index (χ0) is 10.8. The summed E-state index contributed by atoms with van der Waals surface area (Å²) in [7, 11) is 0. The van der Waals surface area contributed by atoms with E-state index < -0.39 is 0 Å². The van der Waals surface area contributed by atoms with Crippen LogP contribution in [-0.4, -0.2) is 0 Å². The molecule has 0 heterocycles. The molecule has 0 aliphatic heterocycles. The standard InChI is InChI=1S/C12H9Br3/c13-6-8-5-12(15)11(7-14)10-4-2-1-3-9(8)10/h1-5H,6-7H2. The van der Waals surface area contributed by atoms with Crippen LogP contribution in [0.1, 0.15) is 11.1 Å². The summed E-state index contributed by atoms with van der Waals surface area (Å²) >= 11 is 10.7. The minimum Gasteiger partial charge on any atom is -0.0876 e. The van der Waals surface area contributed by atoms with Gasteiger partial charge in [-0.3, -0.25) is 0 Å². The third kappa shape index (κ3) is 2.15. The summed E-state index contributed by atoms with van der Waals surface area (Å²) in [4.78, 5) is 0. The number of benzene rings is 2. The molecule has 0 nitrogen and oxygen atoms in total. The quantitative estimate of drug-likeness (QED) is 0.601. The second-order valence-corrected chi connectivity index (χ2v) is 5.28. The Labute approximate surface area is 114 Å². The fourth-order valence-corrected chi connectivity index (χ4v) is 3.79. The van der Waals surface area contributed by atoms with Gasteiger partial charge < -0.3 is 0 Å². The lowest BCUT2D eigenvalue weighted by molar-refractivity contribution is 1.39. The zero-order valence-electron chi connectivity index (χ0n) is 7.93. The van der Waals surface area contributed by atoms with E-state index in [1.165, 1.54) is 26.4 Å². The summed E-state index contributed by atoms with van der Waals surface area (Å²) < 4.78 is 1.17. The average Bonchev–Trinajstić information content (AvgIpc) is 2.28. The lowest BCUT2D eigenvalue weighted by Crippen LogP contribution is -1.89. The predicted octanol–water partition coefficient (Wildman–Crippen LogP) is 5.39. The third-order valence-electron chi connectivity index (χ3n) is 2.46. The number of hydrogen-bond acceptors (Lipinski definition) is 0. The Bertz CT molecular complexity index is 491. The van der Waals surface area contributed by atoms with E-state index in [0.29, 0.717) is 0 Å². The van der Waals surface area contributed by atoms with E-state index in [9.17, 15) is 0 Å². The molecule has 15 heavy (non-hydrogen) atoms. The zero-order valence-corrected chi connectivity index (χ0v) is 12.7. The van der Waals surface area contributed by atoms with Crippen molar-refractivity contribution in [3.8, 4) is 0 Å². The van der Waals surface area contributed by atoms with Crippen molar-refractivity contribution >= 4 is 58.6 Å². The smallest absolute Gasteiger partial charge is 0.0300 e. The highest BCUT2D eigenvalue weighted by Crippen LogP contribution is 2.32. The first-order chi connectivity index (χ1) is 7.27. The number of fused-ring (bicyclic) bond motifs is 1. The SMILES string of the molecule is BrCc1cc(Br)c(CBr)c2ccccc12. The Morgan fingerprint density at radius 1 is 0.933 bits per heavy atom. The van der Waals surface area contributed by atoms with Crippen molar-refractivity contribution in [2.75, 3.05) is 0 Å². The summed E-state index contributed by atoms with van der Waals surface area (Å²) in [6.45, 7) is 0. The fraction of sp³-hybridized carbons (Fsp3) is 0.167. The lowest BCUT2D eigenvalue weighted by Gasteiger charge is -2.10. The molecule has 0 atom stereocenters. The van der Waals surface area contributed by atoms with Crippen molar-refractivity contribution in [2.24, 2.45) is 0 Å². The molecule has 0 saturated heterocycles. The van der Waals surface area contributed by atoms with E-state index in [1.54, 1.807) is 0 Å². The molecule has 78 valence electrons. The highest BCUT2D eigenvalue weighted by molar-refractivity contribution is 9.10. The van der Waals surface area contributed by atoms with Crippen LogP contribution < -0.4 is 0 Å². The van der Waals surface area contributed by atoms with Gasteiger partial charge in [-0.05, 0) is 28.0 Å². The molecule has 0 N–H and O–H groups in total. The molecule has 0 aliphatic carbocycles. The Morgan fingerprint density at radius 2 is 1.60 bits per heavy atom. The normalized spacial score (nSPS) is 10.9. The van der Waals surface area contributed by atoms with Gasteiger partial charge in [0.25, 0.3) is 0 Å². The van der Waals surface area contributed by atoms with Gasteiger partial charge in [-0.25, -0.2) is 0 Å². The fourth-order valence-electron chi connectivity index (χ4n) is 1.72. The lowest BCUT2D eigenvalue weighted by atomic mass is 10.0. The molecule has 0 spiro atoms. The summed E-state index contributed by atoms with van der Waals surface area (Å²) in [5.41, 5.74) is 2.64. The number of halogens is 3. The van der Waals surface area contributed by atoms with Crippen LogP contribution in [0.4, 0.5) is 0 Å². The number of rotatable bonds is 2. The van der Waals surface area contributed by atoms with E-state index in [4.69, 9.17) is 0 Å². The Balaban J connectivity index is 2.86. The van der Waals surface area contributed by atoms with E-state index in [0.717, 1.165) is 10.7 Å². The molecule has 2 rings (SSSR count). The number of hydrogen-bond donors (Lipinski definition) is 0. The van der Waals surface area contributed by atoms with Crippen molar-refractivity contribution in [3.05, 3.63) is 45.9 Å². The molecule has 2 aromatic carbocycles. The molecule has 0 aliphatic rings. The minimum atomic E-state index is 0.872. The molecular weight excluding hydrogens is 384 g/mol. The summed E-state index contributed by atoms with van der Waals surface area (Å²) in [6, 6.07) is 10.7. The first-order valence-electron chi connectivity index (χ1n) is 4.59. The van der Waals surface area contributed by atoms with Crippen LogP contribution >= 0.6 is 47.8 Å². The van der Waals surface area contributed by atoms with Gasteiger partial charge in [0.05, 0.1) is 0 Å². The molecule has 0 unspecified atom stereocenters. The maximum absolute atomic E-state index is 3.62. The van der Waals surface area contributed by atoms with Gasteiger partial charge >= 0.3 is 0 Å². The Morgan fingerprint density at radius 3 is 2.20 bits per heavy atom. The summed E-state index contributed by atoms with van der Waals surface area (Å²) in [6.07, 6.45) is 0. The molecule has 3 heteroatoms. The van der Waals surface area contributed by atoms with Crippen LogP contribution in [0.5, 0.6) is 0 Å². The molecular formula is C12H9Br3. The van der Waals surface area contributed by atoms with Crippen LogP contribution in [0.15, 0.2) is 34.8 Å². The first kappa shape index (κ1) is 11.6. The van der Waals surface area contributed by atoms with E-state index in [2.05, 4.69) is 78.1 Å². The van der Waals surface area contributed by atoms with E-state index in [1.807, 2.05) is 0 Å². The second-order valence-electron chi connectivity index (χ2n) is 3.31. The maximum Gasteiger partial charge on any atom is 0.0300 e. The van der Waals surface area contributed by atoms with Gasteiger partial charge in [0.2, 0.25) is 0 Å². The topological polar surface area (TPSA) is 0 Å². The van der Waals surface area contributed by atoms with Crippen LogP contribution in [-0.2, 0) is 10.7 Å². The molecule has 0 bridgehead atoms. The van der Waals surface area contributed by atoms with Crippen molar-refractivity contribution in [1.82, 2.24) is 0 Å². The van der Waals surface area contributed by atoms with Crippen molar-refractivity contribution < 1.29 is 0 Å². The van der Waals surface area contributed by atoms with Gasteiger partial charge in [-0.15, -0.1) is 0 Å². The van der Waals surface area contributed by atoms with Gasteiger partial charge in [0.15, 0.2) is 0 Å². The molecule has 0 amide bonds. The average molecular weight is 393 g/mol. The van der Waals surface area contributed by atoms with Crippen LogP contribution in [0.2, 0.25) is 0 Å². The summed E-state index contributed by atoms with van der Waals surface area (Å²) in [5, 5.41) is 4.40. The van der Waals surface area contributed by atoms with Crippen LogP contribution in [0.3, 0.4) is 0 Å². The van der Waals surface area contributed by atoms with Crippen LogP contribution in [0.25, 0.3) is 10.8 Å². The maximum atomic E-state index is 3.62. The monoisotopic (exact) mass is 390 g/mol. The van der Waals surface area contributed by atoms with Gasteiger partial charge in [-0.2, -0.15) is 0 Å². The second kappa shape index (κ2) is 4.98. The Kier molecular flexibility index (Phi) is 3.86. The highest BCUT2D eigenvalue weighted by atomic mass is 79.9. The molecule has 0 radical (unpaired) electrons. The van der Waals surface area contributed by atoms with E-state index >= 15 is 0 Å². The largest absolute Gasteiger partial charge is 0.0876 e. The predicted molar refractivity (Wildman–Crippen MR) is 76.9 cm³/mol. The molecule has 2 aromatic rings. The minimum absolute atomic E-state index is 0.872. The van der Waals surface area contributed by atoms with Crippen molar-refractivity contribution in [1.29, 1.82) is 0 Å². The molecule has 0 aromatic heterocycles. The molecule has 0 fully saturated rings. The first-order valence-corrected chi connectivity index (χ1v) is 7.62. The third-order valence-corrected chi connectivity index (χ3v) is 4.34. The molecule has 0 saturated carbocycles. The van der Waals surface area contributed by atoms with Gasteiger partial charge in [0, 0.05) is 15.1 Å².